The van der Waals surface area contributed by atoms with Gasteiger partial charge < -0.3 is 11.1 Å². The van der Waals surface area contributed by atoms with Crippen molar-refractivity contribution >= 4 is 27.3 Å². The number of anilines is 2. The van der Waals surface area contributed by atoms with E-state index in [1.807, 2.05) is 31.2 Å². The van der Waals surface area contributed by atoms with E-state index in [4.69, 9.17) is 5.73 Å². The molecule has 4 heteroatoms. The summed E-state index contributed by atoms with van der Waals surface area (Å²) in [6.07, 6.45) is 0. The zero-order chi connectivity index (χ0) is 13.1. The number of aryl methyl sites for hydroxylation is 1. The fraction of sp³-hybridized carbons (Fsp3) is 0.143. The number of benzene rings is 2. The standard InChI is InChI=1S/C14H14BrFN2/c1-9-6-11(3-4-12(9)15)18-14-5-2-10(8-17)7-13(14)16/h2-7,18H,8,17H2,1H3. The maximum Gasteiger partial charge on any atom is 0.146 e. The Hall–Kier alpha value is -1.39. The molecular formula is C14H14BrFN2. The minimum absolute atomic E-state index is 0.293. The molecule has 0 bridgehead atoms. The molecule has 2 rings (SSSR count). The Morgan fingerprint density at radius 3 is 2.61 bits per heavy atom. The van der Waals surface area contributed by atoms with Gasteiger partial charge in [-0.05, 0) is 48.4 Å². The fourth-order valence-electron chi connectivity index (χ4n) is 1.66. The van der Waals surface area contributed by atoms with Gasteiger partial charge in [0, 0.05) is 16.7 Å². The zero-order valence-corrected chi connectivity index (χ0v) is 11.6. The first-order chi connectivity index (χ1) is 8.60. The topological polar surface area (TPSA) is 38.0 Å². The van der Waals surface area contributed by atoms with E-state index in [2.05, 4.69) is 21.2 Å². The monoisotopic (exact) mass is 308 g/mol. The Bertz CT molecular complexity index is 570. The van der Waals surface area contributed by atoms with Crippen LogP contribution in [0.25, 0.3) is 0 Å². The zero-order valence-electron chi connectivity index (χ0n) is 10.0. The second kappa shape index (κ2) is 5.50. The molecule has 2 aromatic rings. The molecule has 0 spiro atoms. The quantitative estimate of drug-likeness (QED) is 0.896. The molecular weight excluding hydrogens is 295 g/mol. The number of hydrogen-bond donors (Lipinski definition) is 2. The third kappa shape index (κ3) is 2.89. The second-order valence-electron chi connectivity index (χ2n) is 4.11. The van der Waals surface area contributed by atoms with Crippen LogP contribution in [0.4, 0.5) is 15.8 Å². The van der Waals surface area contributed by atoms with E-state index in [1.54, 1.807) is 6.07 Å². The van der Waals surface area contributed by atoms with Crippen molar-refractivity contribution in [3.8, 4) is 0 Å². The van der Waals surface area contributed by atoms with Gasteiger partial charge in [-0.15, -0.1) is 0 Å². The van der Waals surface area contributed by atoms with Crippen molar-refractivity contribution in [3.05, 3.63) is 57.8 Å². The first-order valence-corrected chi connectivity index (χ1v) is 6.41. The van der Waals surface area contributed by atoms with E-state index in [9.17, 15) is 4.39 Å². The van der Waals surface area contributed by atoms with Crippen molar-refractivity contribution in [3.63, 3.8) is 0 Å². The van der Waals surface area contributed by atoms with Crippen molar-refractivity contribution in [2.45, 2.75) is 13.5 Å². The van der Waals surface area contributed by atoms with Gasteiger partial charge in [-0.25, -0.2) is 4.39 Å². The van der Waals surface area contributed by atoms with Crippen LogP contribution in [0.5, 0.6) is 0 Å². The highest BCUT2D eigenvalue weighted by Gasteiger charge is 2.04. The van der Waals surface area contributed by atoms with Crippen molar-refractivity contribution in [1.82, 2.24) is 0 Å². The Labute approximate surface area is 114 Å². The Morgan fingerprint density at radius 2 is 2.00 bits per heavy atom. The molecule has 0 aromatic heterocycles. The number of nitrogens with two attached hydrogens (primary N) is 1. The van der Waals surface area contributed by atoms with Crippen LogP contribution in [0.3, 0.4) is 0 Å². The van der Waals surface area contributed by atoms with Crippen LogP contribution in [-0.2, 0) is 6.54 Å². The van der Waals surface area contributed by atoms with Gasteiger partial charge in [-0.3, -0.25) is 0 Å². The Kier molecular flexibility index (Phi) is 3.99. The van der Waals surface area contributed by atoms with E-state index in [0.29, 0.717) is 12.2 Å². The third-order valence-corrected chi connectivity index (χ3v) is 3.60. The summed E-state index contributed by atoms with van der Waals surface area (Å²) < 4.78 is 14.8. The molecule has 0 radical (unpaired) electrons. The summed E-state index contributed by atoms with van der Waals surface area (Å²) in [6.45, 7) is 2.33. The van der Waals surface area contributed by atoms with Gasteiger partial charge in [0.05, 0.1) is 5.69 Å². The van der Waals surface area contributed by atoms with Gasteiger partial charge in [-0.1, -0.05) is 22.0 Å². The molecule has 18 heavy (non-hydrogen) atoms. The summed E-state index contributed by atoms with van der Waals surface area (Å²) >= 11 is 3.43. The highest BCUT2D eigenvalue weighted by atomic mass is 79.9. The summed E-state index contributed by atoms with van der Waals surface area (Å²) in [5.41, 5.74) is 8.65. The van der Waals surface area contributed by atoms with E-state index < -0.39 is 0 Å². The van der Waals surface area contributed by atoms with E-state index in [-0.39, 0.29) is 5.82 Å². The molecule has 0 unspecified atom stereocenters. The highest BCUT2D eigenvalue weighted by Crippen LogP contribution is 2.24. The molecule has 0 fully saturated rings. The second-order valence-corrected chi connectivity index (χ2v) is 4.96. The SMILES string of the molecule is Cc1cc(Nc2ccc(CN)cc2F)ccc1Br. The predicted molar refractivity (Wildman–Crippen MR) is 76.5 cm³/mol. The average molecular weight is 309 g/mol. The number of nitrogens with one attached hydrogen (secondary N) is 1. The smallest absolute Gasteiger partial charge is 0.146 e. The molecule has 0 saturated heterocycles. The lowest BCUT2D eigenvalue weighted by molar-refractivity contribution is 0.629. The molecule has 0 aliphatic carbocycles. The number of rotatable bonds is 3. The molecule has 0 saturated carbocycles. The lowest BCUT2D eigenvalue weighted by atomic mass is 10.2. The first kappa shape index (κ1) is 13.1. The van der Waals surface area contributed by atoms with Gasteiger partial charge in [0.25, 0.3) is 0 Å². The Balaban J connectivity index is 2.25. The van der Waals surface area contributed by atoms with Gasteiger partial charge >= 0.3 is 0 Å². The van der Waals surface area contributed by atoms with Crippen LogP contribution in [0.1, 0.15) is 11.1 Å². The fourth-order valence-corrected chi connectivity index (χ4v) is 1.91. The number of hydrogen-bond acceptors (Lipinski definition) is 2. The molecule has 3 N–H and O–H groups in total. The summed E-state index contributed by atoms with van der Waals surface area (Å²) in [4.78, 5) is 0. The Morgan fingerprint density at radius 1 is 1.22 bits per heavy atom. The maximum atomic E-state index is 13.8. The normalized spacial score (nSPS) is 10.4. The molecule has 2 nitrogen and oxygen atoms in total. The van der Waals surface area contributed by atoms with Crippen LogP contribution in [0.2, 0.25) is 0 Å². The lowest BCUT2D eigenvalue weighted by Gasteiger charge is -2.10. The number of halogens is 2. The predicted octanol–water partition coefficient (Wildman–Crippen LogP) is 4.10. The molecule has 94 valence electrons. The first-order valence-electron chi connectivity index (χ1n) is 5.62. The third-order valence-electron chi connectivity index (χ3n) is 2.71. The molecule has 0 atom stereocenters. The van der Waals surface area contributed by atoms with Crippen molar-refractivity contribution in [2.75, 3.05) is 5.32 Å². The minimum atomic E-state index is -0.293. The summed E-state index contributed by atoms with van der Waals surface area (Å²) in [6, 6.07) is 10.8. The van der Waals surface area contributed by atoms with Gasteiger partial charge in [0.1, 0.15) is 5.82 Å². The van der Waals surface area contributed by atoms with Crippen LogP contribution >= 0.6 is 15.9 Å². The maximum absolute atomic E-state index is 13.8. The van der Waals surface area contributed by atoms with E-state index >= 15 is 0 Å². The molecule has 2 aromatic carbocycles. The van der Waals surface area contributed by atoms with Crippen LogP contribution in [0.15, 0.2) is 40.9 Å². The average Bonchev–Trinajstić information content (AvgIpc) is 2.36. The van der Waals surface area contributed by atoms with Gasteiger partial charge in [0.2, 0.25) is 0 Å². The van der Waals surface area contributed by atoms with E-state index in [1.165, 1.54) is 6.07 Å². The van der Waals surface area contributed by atoms with E-state index in [0.717, 1.165) is 21.3 Å². The van der Waals surface area contributed by atoms with Crippen molar-refractivity contribution < 1.29 is 4.39 Å². The van der Waals surface area contributed by atoms with Gasteiger partial charge in [-0.2, -0.15) is 0 Å². The molecule has 0 aliphatic rings. The summed E-state index contributed by atoms with van der Waals surface area (Å²) in [5.74, 6) is -0.293. The van der Waals surface area contributed by atoms with Crippen LogP contribution < -0.4 is 11.1 Å². The van der Waals surface area contributed by atoms with Crippen LogP contribution in [0, 0.1) is 12.7 Å². The van der Waals surface area contributed by atoms with Crippen molar-refractivity contribution in [2.24, 2.45) is 5.73 Å². The molecule has 0 aliphatic heterocycles. The highest BCUT2D eigenvalue weighted by molar-refractivity contribution is 9.10. The molecule has 0 heterocycles. The summed E-state index contributed by atoms with van der Waals surface area (Å²) in [5, 5.41) is 3.05. The van der Waals surface area contributed by atoms with Crippen molar-refractivity contribution in [1.29, 1.82) is 0 Å². The van der Waals surface area contributed by atoms with Crippen LogP contribution in [-0.4, -0.2) is 0 Å². The lowest BCUT2D eigenvalue weighted by Crippen LogP contribution is -1.99. The molecule has 0 amide bonds. The largest absolute Gasteiger partial charge is 0.353 e. The minimum Gasteiger partial charge on any atom is -0.353 e. The summed E-state index contributed by atoms with van der Waals surface area (Å²) in [7, 11) is 0. The van der Waals surface area contributed by atoms with Gasteiger partial charge in [0.15, 0.2) is 0 Å².